The maximum atomic E-state index is 13.2. The molecule has 0 radical (unpaired) electrons. The van der Waals surface area contributed by atoms with Crippen molar-refractivity contribution in [1.82, 2.24) is 14.8 Å². The molecule has 0 saturated heterocycles. The molecule has 3 nitrogen and oxygen atoms in total. The lowest BCUT2D eigenvalue weighted by molar-refractivity contribution is -0.138. The van der Waals surface area contributed by atoms with Gasteiger partial charge in [0.15, 0.2) is 5.82 Å². The first-order chi connectivity index (χ1) is 10.0. The lowest BCUT2D eigenvalue weighted by atomic mass is 9.88. The molecular weight excluding hydrogens is 279 g/mol. The summed E-state index contributed by atoms with van der Waals surface area (Å²) in [5, 5.41) is 4.24. The average Bonchev–Trinajstić information content (AvgIpc) is 2.89. The summed E-state index contributed by atoms with van der Waals surface area (Å²) in [5.74, 6) is 0.673. The monoisotopic (exact) mass is 293 g/mol. The van der Waals surface area contributed by atoms with Gasteiger partial charge in [-0.25, -0.2) is 9.67 Å². The number of hydrogen-bond donors (Lipinski definition) is 0. The van der Waals surface area contributed by atoms with Crippen molar-refractivity contribution in [2.45, 2.75) is 31.5 Å². The van der Waals surface area contributed by atoms with E-state index < -0.39 is 11.7 Å². The van der Waals surface area contributed by atoms with E-state index in [1.807, 2.05) is 0 Å². The van der Waals surface area contributed by atoms with E-state index in [0.717, 1.165) is 12.5 Å². The van der Waals surface area contributed by atoms with Crippen molar-refractivity contribution in [2.75, 3.05) is 0 Å². The highest BCUT2D eigenvalue weighted by atomic mass is 19.4. The average molecular weight is 293 g/mol. The van der Waals surface area contributed by atoms with E-state index in [1.165, 1.54) is 18.2 Å². The first-order valence-corrected chi connectivity index (χ1v) is 6.74. The van der Waals surface area contributed by atoms with Crippen molar-refractivity contribution in [3.8, 4) is 0 Å². The highest BCUT2D eigenvalue weighted by molar-refractivity contribution is 5.39. The molecule has 0 fully saturated rings. The van der Waals surface area contributed by atoms with Crippen molar-refractivity contribution < 1.29 is 13.2 Å². The fourth-order valence-electron chi connectivity index (χ4n) is 2.81. The second-order valence-corrected chi connectivity index (χ2v) is 5.04. The van der Waals surface area contributed by atoms with Gasteiger partial charge in [-0.2, -0.15) is 18.3 Å². The lowest BCUT2D eigenvalue weighted by Gasteiger charge is -2.25. The van der Waals surface area contributed by atoms with Gasteiger partial charge >= 0.3 is 6.18 Å². The van der Waals surface area contributed by atoms with Crippen LogP contribution in [-0.4, -0.2) is 14.8 Å². The molecule has 1 atom stereocenters. The van der Waals surface area contributed by atoms with Crippen molar-refractivity contribution in [3.05, 3.63) is 53.6 Å². The highest BCUT2D eigenvalue weighted by Gasteiger charge is 2.37. The molecule has 0 saturated carbocycles. The Labute approximate surface area is 120 Å². The Kier molecular flexibility index (Phi) is 3.31. The van der Waals surface area contributed by atoms with E-state index in [1.54, 1.807) is 10.7 Å². The highest BCUT2D eigenvalue weighted by Crippen LogP contribution is 2.40. The van der Waals surface area contributed by atoms with Gasteiger partial charge in [0.25, 0.3) is 0 Å². The normalized spacial score (nSPS) is 18.3. The SMILES string of the molecule is C=Cc1nc2n(n1)CCCC2c1ccccc1C(F)(F)F. The van der Waals surface area contributed by atoms with Crippen molar-refractivity contribution >= 4 is 6.08 Å². The van der Waals surface area contributed by atoms with E-state index in [2.05, 4.69) is 16.7 Å². The van der Waals surface area contributed by atoms with Gasteiger partial charge in [0.2, 0.25) is 0 Å². The smallest absolute Gasteiger partial charge is 0.249 e. The number of fused-ring (bicyclic) bond motifs is 1. The van der Waals surface area contributed by atoms with Crippen LogP contribution in [0, 0.1) is 0 Å². The largest absolute Gasteiger partial charge is 0.416 e. The zero-order valence-electron chi connectivity index (χ0n) is 11.3. The Bertz CT molecular complexity index is 673. The predicted molar refractivity (Wildman–Crippen MR) is 72.6 cm³/mol. The Morgan fingerprint density at radius 1 is 1.29 bits per heavy atom. The van der Waals surface area contributed by atoms with Crippen LogP contribution < -0.4 is 0 Å². The Hall–Kier alpha value is -2.11. The van der Waals surface area contributed by atoms with Crippen LogP contribution >= 0.6 is 0 Å². The molecule has 2 aromatic rings. The summed E-state index contributed by atoms with van der Waals surface area (Å²) in [4.78, 5) is 4.32. The topological polar surface area (TPSA) is 30.7 Å². The van der Waals surface area contributed by atoms with E-state index >= 15 is 0 Å². The van der Waals surface area contributed by atoms with Crippen LogP contribution in [0.2, 0.25) is 0 Å². The zero-order chi connectivity index (χ0) is 15.0. The minimum atomic E-state index is -4.36. The van der Waals surface area contributed by atoms with Crippen molar-refractivity contribution in [2.24, 2.45) is 0 Å². The van der Waals surface area contributed by atoms with Crippen LogP contribution in [-0.2, 0) is 12.7 Å². The van der Waals surface area contributed by atoms with E-state index in [9.17, 15) is 13.2 Å². The van der Waals surface area contributed by atoms with Crippen molar-refractivity contribution in [1.29, 1.82) is 0 Å². The van der Waals surface area contributed by atoms with Crippen LogP contribution in [0.15, 0.2) is 30.8 Å². The van der Waals surface area contributed by atoms with Crippen molar-refractivity contribution in [3.63, 3.8) is 0 Å². The van der Waals surface area contributed by atoms with Gasteiger partial charge in [-0.15, -0.1) is 0 Å². The van der Waals surface area contributed by atoms with Crippen LogP contribution in [0.25, 0.3) is 6.08 Å². The maximum absolute atomic E-state index is 13.2. The number of rotatable bonds is 2. The van der Waals surface area contributed by atoms with Crippen LogP contribution in [0.1, 0.15) is 41.5 Å². The summed E-state index contributed by atoms with van der Waals surface area (Å²) in [6.07, 6.45) is -1.43. The fourth-order valence-corrected chi connectivity index (χ4v) is 2.81. The van der Waals surface area contributed by atoms with Gasteiger partial charge in [-0.3, -0.25) is 0 Å². The summed E-state index contributed by atoms with van der Waals surface area (Å²) in [5.41, 5.74) is -0.319. The Balaban J connectivity index is 2.11. The van der Waals surface area contributed by atoms with E-state index in [4.69, 9.17) is 0 Å². The second kappa shape index (κ2) is 5.02. The molecular formula is C15H14F3N3. The number of hydrogen-bond acceptors (Lipinski definition) is 2. The summed E-state index contributed by atoms with van der Waals surface area (Å²) < 4.78 is 41.3. The maximum Gasteiger partial charge on any atom is 0.416 e. The number of nitrogens with zero attached hydrogens (tertiary/aromatic N) is 3. The van der Waals surface area contributed by atoms with Gasteiger partial charge in [0.1, 0.15) is 5.82 Å². The molecule has 6 heteroatoms. The molecule has 1 unspecified atom stereocenters. The lowest BCUT2D eigenvalue weighted by Crippen LogP contribution is -2.21. The third-order valence-electron chi connectivity index (χ3n) is 3.72. The third-order valence-corrected chi connectivity index (χ3v) is 3.72. The van der Waals surface area contributed by atoms with Gasteiger partial charge < -0.3 is 0 Å². The molecule has 0 amide bonds. The summed E-state index contributed by atoms with van der Waals surface area (Å²) in [6.45, 7) is 4.29. The fraction of sp³-hybridized carbons (Fsp3) is 0.333. The minimum Gasteiger partial charge on any atom is -0.249 e. The second-order valence-electron chi connectivity index (χ2n) is 5.04. The van der Waals surface area contributed by atoms with Crippen LogP contribution in [0.5, 0.6) is 0 Å². The molecule has 21 heavy (non-hydrogen) atoms. The molecule has 0 bridgehead atoms. The standard InChI is InChI=1S/C15H14F3N3/c1-2-13-19-14-11(7-5-9-21(14)20-13)10-6-3-4-8-12(10)15(16,17)18/h2-4,6,8,11H,1,5,7,9H2. The molecule has 1 aliphatic heterocycles. The molecule has 1 aliphatic rings. The van der Waals surface area contributed by atoms with Gasteiger partial charge in [-0.05, 0) is 30.5 Å². The molecule has 0 spiro atoms. The molecule has 0 N–H and O–H groups in total. The number of benzene rings is 1. The quantitative estimate of drug-likeness (QED) is 0.841. The number of aromatic nitrogens is 3. The van der Waals surface area contributed by atoms with Gasteiger partial charge in [0, 0.05) is 12.5 Å². The van der Waals surface area contributed by atoms with E-state index in [-0.39, 0.29) is 11.5 Å². The molecule has 1 aromatic carbocycles. The van der Waals surface area contributed by atoms with Crippen LogP contribution in [0.3, 0.4) is 0 Å². The summed E-state index contributed by atoms with van der Waals surface area (Å²) >= 11 is 0. The molecule has 1 aromatic heterocycles. The first-order valence-electron chi connectivity index (χ1n) is 6.74. The summed E-state index contributed by atoms with van der Waals surface area (Å²) in [7, 11) is 0. The molecule has 0 aliphatic carbocycles. The van der Waals surface area contributed by atoms with Crippen LogP contribution in [0.4, 0.5) is 13.2 Å². The van der Waals surface area contributed by atoms with E-state index in [0.29, 0.717) is 24.6 Å². The summed E-state index contributed by atoms with van der Waals surface area (Å²) in [6, 6.07) is 5.70. The van der Waals surface area contributed by atoms with Gasteiger partial charge in [-0.1, -0.05) is 24.8 Å². The first kappa shape index (κ1) is 13.9. The van der Waals surface area contributed by atoms with Gasteiger partial charge in [0.05, 0.1) is 5.56 Å². The third kappa shape index (κ3) is 2.46. The minimum absolute atomic E-state index is 0.272. The molecule has 2 heterocycles. The molecule has 110 valence electrons. The number of alkyl halides is 3. The molecule has 3 rings (SSSR count). The number of aryl methyl sites for hydroxylation is 1. The zero-order valence-corrected chi connectivity index (χ0v) is 11.3. The predicted octanol–water partition coefficient (Wildman–Crippen LogP) is 3.87. The number of halogens is 3. The Morgan fingerprint density at radius 3 is 2.76 bits per heavy atom. The Morgan fingerprint density at radius 2 is 2.05 bits per heavy atom.